The van der Waals surface area contributed by atoms with Crippen LogP contribution in [0.25, 0.3) is 100 Å². The van der Waals surface area contributed by atoms with Crippen molar-refractivity contribution in [3.05, 3.63) is 175 Å². The fourth-order valence-corrected chi connectivity index (χ4v) is 8.31. The minimum atomic E-state index is 0.645. The van der Waals surface area contributed by atoms with Gasteiger partial charge in [0.25, 0.3) is 0 Å². The fourth-order valence-electron chi connectivity index (χ4n) is 8.31. The van der Waals surface area contributed by atoms with Crippen molar-refractivity contribution in [1.82, 2.24) is 19.5 Å². The SMILES string of the molecule is C1=Cc2c(ccc3c4cc5ccccc5cc4n(-c4ccc(-c5nc(-c6ccccc6)nc(-c6cc7ccccc7c7ccccc67)n5)cc4)c23)CC1. The number of nitrogens with zero attached hydrogens (tertiary/aromatic N) is 4. The number of fused-ring (bicyclic) bond motifs is 9. The second-order valence-corrected chi connectivity index (χ2v) is 13.9. The van der Waals surface area contributed by atoms with Gasteiger partial charge in [0.1, 0.15) is 0 Å². The van der Waals surface area contributed by atoms with Gasteiger partial charge in [-0.2, -0.15) is 0 Å². The Morgan fingerprint density at radius 1 is 0.453 bits per heavy atom. The van der Waals surface area contributed by atoms with Crippen LogP contribution in [0.4, 0.5) is 0 Å². The monoisotopic (exact) mass is 676 g/mol. The summed E-state index contributed by atoms with van der Waals surface area (Å²) in [6.07, 6.45) is 6.76. The van der Waals surface area contributed by atoms with Crippen molar-refractivity contribution in [3.8, 4) is 39.9 Å². The number of aromatic nitrogens is 4. The highest BCUT2D eigenvalue weighted by Gasteiger charge is 2.20. The molecule has 0 aliphatic heterocycles. The van der Waals surface area contributed by atoms with E-state index in [0.29, 0.717) is 17.5 Å². The van der Waals surface area contributed by atoms with Crippen LogP contribution < -0.4 is 0 Å². The molecule has 0 saturated carbocycles. The minimum absolute atomic E-state index is 0.645. The summed E-state index contributed by atoms with van der Waals surface area (Å²) in [5.74, 6) is 1.96. The van der Waals surface area contributed by atoms with E-state index in [9.17, 15) is 0 Å². The van der Waals surface area contributed by atoms with E-state index >= 15 is 0 Å². The van der Waals surface area contributed by atoms with Crippen molar-refractivity contribution < 1.29 is 0 Å². The van der Waals surface area contributed by atoms with Crippen molar-refractivity contribution >= 4 is 60.2 Å². The van der Waals surface area contributed by atoms with E-state index in [4.69, 9.17) is 15.0 Å². The van der Waals surface area contributed by atoms with Gasteiger partial charge in [0.05, 0.1) is 11.0 Å². The highest BCUT2D eigenvalue weighted by atomic mass is 15.0. The van der Waals surface area contributed by atoms with Gasteiger partial charge in [0, 0.05) is 38.7 Å². The van der Waals surface area contributed by atoms with E-state index < -0.39 is 0 Å². The lowest BCUT2D eigenvalue weighted by Gasteiger charge is -2.15. The molecule has 0 N–H and O–H groups in total. The molecule has 1 aliphatic rings. The summed E-state index contributed by atoms with van der Waals surface area (Å²) in [6, 6.07) is 56.2. The third-order valence-electron chi connectivity index (χ3n) is 10.9. The molecule has 0 saturated heterocycles. The Morgan fingerprint density at radius 3 is 1.89 bits per heavy atom. The van der Waals surface area contributed by atoms with Crippen LogP contribution in [0.1, 0.15) is 17.5 Å². The standard InChI is InChI=1S/C49H32N4/c1-2-13-32(14-3-1)47-50-48(52-49(51-47)44-29-36-17-7-8-18-38(36)40-20-10-11-21-41(40)44)33-22-25-37(26-23-33)53-45-30-35-16-5-4-15-34(35)28-43(45)42-27-24-31-12-6-9-19-39(31)46(42)53/h1-5,7-11,13-30H,6,12H2. The first-order chi connectivity index (χ1) is 26.3. The molecule has 2 aromatic heterocycles. The van der Waals surface area contributed by atoms with Gasteiger partial charge in [-0.15, -0.1) is 0 Å². The van der Waals surface area contributed by atoms with E-state index in [1.807, 2.05) is 18.2 Å². The number of hydrogen-bond donors (Lipinski definition) is 0. The van der Waals surface area contributed by atoms with Crippen LogP contribution in [-0.2, 0) is 6.42 Å². The van der Waals surface area contributed by atoms with E-state index in [2.05, 4.69) is 156 Å². The normalized spacial score (nSPS) is 12.7. The van der Waals surface area contributed by atoms with Crippen molar-refractivity contribution in [2.45, 2.75) is 12.8 Å². The average Bonchev–Trinajstić information content (AvgIpc) is 3.56. The minimum Gasteiger partial charge on any atom is -0.309 e. The number of allylic oxidation sites excluding steroid dienone is 1. The smallest absolute Gasteiger partial charge is 0.164 e. The molecule has 1 aliphatic carbocycles. The zero-order valence-corrected chi connectivity index (χ0v) is 28.9. The molecule has 4 heteroatoms. The van der Waals surface area contributed by atoms with Crippen LogP contribution in [0.3, 0.4) is 0 Å². The van der Waals surface area contributed by atoms with Crippen LogP contribution in [0, 0.1) is 0 Å². The first-order valence-electron chi connectivity index (χ1n) is 18.3. The van der Waals surface area contributed by atoms with Crippen molar-refractivity contribution in [2.24, 2.45) is 0 Å². The first kappa shape index (κ1) is 29.8. The summed E-state index contributed by atoms with van der Waals surface area (Å²) >= 11 is 0. The highest BCUT2D eigenvalue weighted by Crippen LogP contribution is 2.40. The van der Waals surface area contributed by atoms with Gasteiger partial charge >= 0.3 is 0 Å². The van der Waals surface area contributed by atoms with Crippen LogP contribution in [0.15, 0.2) is 164 Å². The molecule has 2 heterocycles. The van der Waals surface area contributed by atoms with Gasteiger partial charge in [0.15, 0.2) is 17.5 Å². The average molecular weight is 677 g/mol. The van der Waals surface area contributed by atoms with Gasteiger partial charge < -0.3 is 4.57 Å². The lowest BCUT2D eigenvalue weighted by atomic mass is 9.94. The molecule has 53 heavy (non-hydrogen) atoms. The van der Waals surface area contributed by atoms with Gasteiger partial charge in [-0.25, -0.2) is 15.0 Å². The second kappa shape index (κ2) is 11.8. The molecule has 0 spiro atoms. The summed E-state index contributed by atoms with van der Waals surface area (Å²) in [6.45, 7) is 0. The van der Waals surface area contributed by atoms with Gasteiger partial charge in [-0.3, -0.25) is 0 Å². The maximum atomic E-state index is 5.20. The molecule has 4 nitrogen and oxygen atoms in total. The maximum absolute atomic E-state index is 5.20. The molecule has 0 unspecified atom stereocenters. The molecule has 0 bridgehead atoms. The van der Waals surface area contributed by atoms with Crippen molar-refractivity contribution in [2.75, 3.05) is 0 Å². The van der Waals surface area contributed by atoms with Gasteiger partial charge in [-0.05, 0) is 93.2 Å². The fraction of sp³-hybridized carbons (Fsp3) is 0.0408. The molecule has 0 amide bonds. The molecule has 0 atom stereocenters. The Labute approximate surface area is 306 Å². The quantitative estimate of drug-likeness (QED) is 0.174. The van der Waals surface area contributed by atoms with Crippen molar-refractivity contribution in [3.63, 3.8) is 0 Å². The Kier molecular flexibility index (Phi) is 6.65. The Balaban J connectivity index is 1.12. The predicted octanol–water partition coefficient (Wildman–Crippen LogP) is 12.4. The summed E-state index contributed by atoms with van der Waals surface area (Å²) in [5, 5.41) is 9.70. The van der Waals surface area contributed by atoms with Gasteiger partial charge in [0.2, 0.25) is 0 Å². The topological polar surface area (TPSA) is 43.6 Å². The number of hydrogen-bond acceptors (Lipinski definition) is 3. The van der Waals surface area contributed by atoms with Gasteiger partial charge in [-0.1, -0.05) is 127 Å². The molecule has 0 fully saturated rings. The van der Waals surface area contributed by atoms with Crippen LogP contribution in [0.2, 0.25) is 0 Å². The van der Waals surface area contributed by atoms with E-state index in [-0.39, 0.29) is 0 Å². The Morgan fingerprint density at radius 2 is 1.09 bits per heavy atom. The number of rotatable bonds is 4. The molecular formula is C49H32N4. The summed E-state index contributed by atoms with van der Waals surface area (Å²) < 4.78 is 2.45. The van der Waals surface area contributed by atoms with Crippen LogP contribution in [0.5, 0.6) is 0 Å². The number of aryl methyl sites for hydroxylation is 1. The molecule has 10 aromatic rings. The predicted molar refractivity (Wildman–Crippen MR) is 220 cm³/mol. The molecular weight excluding hydrogens is 645 g/mol. The van der Waals surface area contributed by atoms with E-state index in [1.165, 1.54) is 54.5 Å². The Hall–Kier alpha value is -6.91. The zero-order chi connectivity index (χ0) is 34.9. The van der Waals surface area contributed by atoms with E-state index in [0.717, 1.165) is 46.0 Å². The first-order valence-corrected chi connectivity index (χ1v) is 18.3. The number of benzene rings is 8. The van der Waals surface area contributed by atoms with E-state index in [1.54, 1.807) is 0 Å². The molecule has 8 aromatic carbocycles. The summed E-state index contributed by atoms with van der Waals surface area (Å²) in [4.78, 5) is 15.4. The maximum Gasteiger partial charge on any atom is 0.164 e. The third kappa shape index (κ3) is 4.80. The van der Waals surface area contributed by atoms with Crippen molar-refractivity contribution in [1.29, 1.82) is 0 Å². The lowest BCUT2D eigenvalue weighted by Crippen LogP contribution is -2.02. The zero-order valence-electron chi connectivity index (χ0n) is 28.9. The third-order valence-corrected chi connectivity index (χ3v) is 10.9. The second-order valence-electron chi connectivity index (χ2n) is 13.9. The molecule has 11 rings (SSSR count). The lowest BCUT2D eigenvalue weighted by molar-refractivity contribution is 0.986. The summed E-state index contributed by atoms with van der Waals surface area (Å²) in [5.41, 5.74) is 9.17. The summed E-state index contributed by atoms with van der Waals surface area (Å²) in [7, 11) is 0. The van der Waals surface area contributed by atoms with Crippen LogP contribution in [-0.4, -0.2) is 19.5 Å². The molecule has 248 valence electrons. The Bertz CT molecular complexity index is 3100. The highest BCUT2D eigenvalue weighted by molar-refractivity contribution is 6.16. The largest absolute Gasteiger partial charge is 0.309 e. The van der Waals surface area contributed by atoms with Crippen LogP contribution >= 0.6 is 0 Å². The molecule has 0 radical (unpaired) electrons.